The number of benzene rings is 2. The van der Waals surface area contributed by atoms with Crippen LogP contribution in [0.4, 0.5) is 0 Å². The summed E-state index contributed by atoms with van der Waals surface area (Å²) < 4.78 is 5.74. The monoisotopic (exact) mass is 281 g/mol. The maximum atomic E-state index is 6.42. The van der Waals surface area contributed by atoms with E-state index in [1.165, 1.54) is 22.3 Å². The minimum Gasteiger partial charge on any atom is -0.492 e. The van der Waals surface area contributed by atoms with Gasteiger partial charge in [-0.05, 0) is 36.6 Å². The van der Waals surface area contributed by atoms with Gasteiger partial charge >= 0.3 is 0 Å². The Hall–Kier alpha value is -1.80. The number of nitrogens with two attached hydrogens (primary N) is 1. The molecular weight excluding hydrogens is 258 g/mol. The van der Waals surface area contributed by atoms with Crippen molar-refractivity contribution in [2.75, 3.05) is 6.61 Å². The first-order valence-corrected chi connectivity index (χ1v) is 7.54. The summed E-state index contributed by atoms with van der Waals surface area (Å²) in [5.74, 6) is 1.01. The number of rotatable bonds is 3. The second-order valence-corrected chi connectivity index (χ2v) is 6.73. The molecule has 0 fully saturated rings. The van der Waals surface area contributed by atoms with Crippen molar-refractivity contribution in [3.8, 4) is 5.75 Å². The highest BCUT2D eigenvalue weighted by Gasteiger charge is 2.32. The predicted octanol–water partition coefficient (Wildman–Crippen LogP) is 3.91. The summed E-state index contributed by atoms with van der Waals surface area (Å²) in [7, 11) is 0. The molecule has 110 valence electrons. The maximum Gasteiger partial charge on any atom is 0.123 e. The Morgan fingerprint density at radius 1 is 1.19 bits per heavy atom. The van der Waals surface area contributed by atoms with Gasteiger partial charge in [-0.3, -0.25) is 0 Å². The molecule has 1 aliphatic rings. The van der Waals surface area contributed by atoms with Crippen molar-refractivity contribution in [1.29, 1.82) is 0 Å². The highest BCUT2D eigenvalue weighted by molar-refractivity contribution is 5.46. The molecule has 1 unspecified atom stereocenters. The minimum atomic E-state index is 0.0218. The summed E-state index contributed by atoms with van der Waals surface area (Å²) in [6.45, 7) is 7.30. The molecule has 0 aliphatic carbocycles. The van der Waals surface area contributed by atoms with E-state index in [1.807, 2.05) is 0 Å². The first kappa shape index (κ1) is 14.2. The molecule has 1 heterocycles. The third-order valence-corrected chi connectivity index (χ3v) is 4.29. The van der Waals surface area contributed by atoms with Crippen LogP contribution in [0.25, 0.3) is 0 Å². The van der Waals surface area contributed by atoms with Crippen LogP contribution in [0.1, 0.15) is 42.1 Å². The lowest BCUT2D eigenvalue weighted by atomic mass is 9.85. The zero-order chi connectivity index (χ0) is 15.0. The predicted molar refractivity (Wildman–Crippen MR) is 86.8 cm³/mol. The van der Waals surface area contributed by atoms with Crippen molar-refractivity contribution < 1.29 is 4.74 Å². The molecular formula is C19H23NO. The summed E-state index contributed by atoms with van der Waals surface area (Å²) in [4.78, 5) is 0. The van der Waals surface area contributed by atoms with Gasteiger partial charge in [0.2, 0.25) is 0 Å². The second kappa shape index (κ2) is 5.19. The van der Waals surface area contributed by atoms with E-state index in [4.69, 9.17) is 10.5 Å². The largest absolute Gasteiger partial charge is 0.492 e. The van der Waals surface area contributed by atoms with Crippen LogP contribution in [0.5, 0.6) is 5.75 Å². The Morgan fingerprint density at radius 2 is 2.00 bits per heavy atom. The summed E-state index contributed by atoms with van der Waals surface area (Å²) in [6.07, 6.45) is 0.863. The number of ether oxygens (including phenoxy) is 1. The van der Waals surface area contributed by atoms with E-state index in [1.54, 1.807) is 0 Å². The molecule has 0 saturated carbocycles. The van der Waals surface area contributed by atoms with E-state index >= 15 is 0 Å². The first-order chi connectivity index (χ1) is 9.95. The molecule has 1 atom stereocenters. The molecule has 3 rings (SSSR count). The highest BCUT2D eigenvalue weighted by atomic mass is 16.5. The fraction of sp³-hybridized carbons (Fsp3) is 0.368. The lowest BCUT2D eigenvalue weighted by molar-refractivity contribution is 0.291. The summed E-state index contributed by atoms with van der Waals surface area (Å²) in [6, 6.07) is 15.0. The van der Waals surface area contributed by atoms with Crippen molar-refractivity contribution in [3.63, 3.8) is 0 Å². The van der Waals surface area contributed by atoms with Crippen LogP contribution in [-0.2, 0) is 11.8 Å². The Kier molecular flexibility index (Phi) is 3.50. The van der Waals surface area contributed by atoms with Crippen LogP contribution < -0.4 is 10.5 Å². The Labute approximate surface area is 126 Å². The Morgan fingerprint density at radius 3 is 2.76 bits per heavy atom. The molecule has 2 aromatic carbocycles. The number of hydrogen-bond donors (Lipinski definition) is 1. The second-order valence-electron chi connectivity index (χ2n) is 6.73. The van der Waals surface area contributed by atoms with Gasteiger partial charge in [-0.15, -0.1) is 0 Å². The van der Waals surface area contributed by atoms with Gasteiger partial charge in [-0.1, -0.05) is 49.7 Å². The third kappa shape index (κ3) is 2.81. The zero-order valence-electron chi connectivity index (χ0n) is 13.0. The lowest BCUT2D eigenvalue weighted by Crippen LogP contribution is -2.19. The molecule has 0 bridgehead atoms. The van der Waals surface area contributed by atoms with Gasteiger partial charge in [0, 0.05) is 17.0 Å². The summed E-state index contributed by atoms with van der Waals surface area (Å²) >= 11 is 0. The molecule has 2 N–H and O–H groups in total. The van der Waals surface area contributed by atoms with Gasteiger partial charge in [0.25, 0.3) is 0 Å². The molecule has 2 aromatic rings. The summed E-state index contributed by atoms with van der Waals surface area (Å²) in [5, 5.41) is 0. The van der Waals surface area contributed by atoms with Crippen molar-refractivity contribution >= 4 is 0 Å². The van der Waals surface area contributed by atoms with Gasteiger partial charge in [0.1, 0.15) is 5.75 Å². The fourth-order valence-corrected chi connectivity index (χ4v) is 2.98. The highest BCUT2D eigenvalue weighted by Crippen LogP contribution is 2.39. The van der Waals surface area contributed by atoms with Crippen LogP contribution in [0, 0.1) is 6.92 Å². The van der Waals surface area contributed by atoms with Crippen molar-refractivity contribution in [1.82, 2.24) is 0 Å². The SMILES string of the molecule is Cc1cccc(CC(N)c2ccc3c(c2)C(C)(C)CO3)c1. The molecule has 2 heteroatoms. The summed E-state index contributed by atoms with van der Waals surface area (Å²) in [5.41, 5.74) is 11.5. The van der Waals surface area contributed by atoms with Crippen molar-refractivity contribution in [2.24, 2.45) is 5.73 Å². The van der Waals surface area contributed by atoms with Gasteiger partial charge in [-0.2, -0.15) is 0 Å². The number of aryl methyl sites for hydroxylation is 1. The van der Waals surface area contributed by atoms with Crippen molar-refractivity contribution in [2.45, 2.75) is 38.6 Å². The quantitative estimate of drug-likeness (QED) is 0.926. The zero-order valence-corrected chi connectivity index (χ0v) is 13.0. The van der Waals surface area contributed by atoms with E-state index in [0.29, 0.717) is 0 Å². The van der Waals surface area contributed by atoms with E-state index in [0.717, 1.165) is 18.8 Å². The molecule has 0 amide bonds. The van der Waals surface area contributed by atoms with Gasteiger partial charge in [0.05, 0.1) is 6.61 Å². The smallest absolute Gasteiger partial charge is 0.123 e. The van der Waals surface area contributed by atoms with Crippen LogP contribution in [0.3, 0.4) is 0 Å². The normalized spacial score (nSPS) is 17.1. The van der Waals surface area contributed by atoms with Crippen molar-refractivity contribution in [3.05, 3.63) is 64.7 Å². The molecule has 0 aromatic heterocycles. The van der Waals surface area contributed by atoms with Crippen LogP contribution >= 0.6 is 0 Å². The standard InChI is InChI=1S/C19H23NO/c1-13-5-4-6-14(9-13)10-17(20)15-7-8-18-16(11-15)19(2,3)12-21-18/h4-9,11,17H,10,12,20H2,1-3H3. The van der Waals surface area contributed by atoms with Crippen LogP contribution in [0.2, 0.25) is 0 Å². The third-order valence-electron chi connectivity index (χ3n) is 4.29. The topological polar surface area (TPSA) is 35.2 Å². The first-order valence-electron chi connectivity index (χ1n) is 7.54. The van der Waals surface area contributed by atoms with E-state index in [9.17, 15) is 0 Å². The van der Waals surface area contributed by atoms with E-state index in [2.05, 4.69) is 63.2 Å². The fourth-order valence-electron chi connectivity index (χ4n) is 2.98. The van der Waals surface area contributed by atoms with E-state index in [-0.39, 0.29) is 11.5 Å². The van der Waals surface area contributed by atoms with Crippen LogP contribution in [0.15, 0.2) is 42.5 Å². The Balaban J connectivity index is 1.84. The molecule has 1 aliphatic heterocycles. The minimum absolute atomic E-state index is 0.0218. The van der Waals surface area contributed by atoms with Gasteiger partial charge in [0.15, 0.2) is 0 Å². The lowest BCUT2D eigenvalue weighted by Gasteiger charge is -2.18. The molecule has 0 saturated heterocycles. The number of fused-ring (bicyclic) bond motifs is 1. The Bertz CT molecular complexity index is 660. The average molecular weight is 281 g/mol. The maximum absolute atomic E-state index is 6.42. The average Bonchev–Trinajstić information content (AvgIpc) is 2.74. The number of hydrogen-bond acceptors (Lipinski definition) is 2. The van der Waals surface area contributed by atoms with Gasteiger partial charge in [-0.25, -0.2) is 0 Å². The molecule has 0 radical (unpaired) electrons. The molecule has 0 spiro atoms. The van der Waals surface area contributed by atoms with E-state index < -0.39 is 0 Å². The van der Waals surface area contributed by atoms with Crippen LogP contribution in [-0.4, -0.2) is 6.61 Å². The molecule has 2 nitrogen and oxygen atoms in total. The molecule has 21 heavy (non-hydrogen) atoms. The van der Waals surface area contributed by atoms with Gasteiger partial charge < -0.3 is 10.5 Å².